The van der Waals surface area contributed by atoms with Gasteiger partial charge in [-0.25, -0.2) is 4.98 Å². The normalized spacial score (nSPS) is 9.00. The van der Waals surface area contributed by atoms with Crippen LogP contribution in [0.2, 0.25) is 0 Å². The molecule has 3 heteroatoms. The van der Waals surface area contributed by atoms with Gasteiger partial charge < -0.3 is 10.1 Å². The van der Waals surface area contributed by atoms with Gasteiger partial charge in [0.05, 0.1) is 19.3 Å². The van der Waals surface area contributed by atoms with Gasteiger partial charge in [-0.1, -0.05) is 12.0 Å². The number of ether oxygens (including phenoxy) is 1. The van der Waals surface area contributed by atoms with Gasteiger partial charge in [0.2, 0.25) is 5.88 Å². The molecule has 0 amide bonds. The highest BCUT2D eigenvalue weighted by atomic mass is 16.5. The summed E-state index contributed by atoms with van der Waals surface area (Å²) < 4.78 is 5.02. The van der Waals surface area contributed by atoms with Crippen LogP contribution in [0.4, 0.5) is 0 Å². The zero-order chi connectivity index (χ0) is 10.2. The van der Waals surface area contributed by atoms with E-state index in [1.165, 1.54) is 0 Å². The Labute approximate surface area is 84.5 Å². The minimum atomic E-state index is 0.644. The quantitative estimate of drug-likeness (QED) is 0.572. The molecular formula is C11H14N2O. The van der Waals surface area contributed by atoms with Crippen LogP contribution in [0.1, 0.15) is 12.6 Å². The van der Waals surface area contributed by atoms with Gasteiger partial charge in [0.1, 0.15) is 0 Å². The highest BCUT2D eigenvalue weighted by molar-refractivity contribution is 5.15. The lowest BCUT2D eigenvalue weighted by Gasteiger charge is -2.02. The number of hydrogen-bond acceptors (Lipinski definition) is 3. The van der Waals surface area contributed by atoms with Gasteiger partial charge in [-0.15, -0.1) is 5.92 Å². The van der Waals surface area contributed by atoms with Crippen molar-refractivity contribution in [2.45, 2.75) is 13.5 Å². The predicted octanol–water partition coefficient (Wildman–Crippen LogP) is 1.20. The average molecular weight is 190 g/mol. The number of nitrogens with zero attached hydrogens (tertiary/aromatic N) is 1. The first-order chi connectivity index (χ1) is 6.86. The van der Waals surface area contributed by atoms with E-state index in [4.69, 9.17) is 4.74 Å². The molecule has 0 aliphatic rings. The van der Waals surface area contributed by atoms with Gasteiger partial charge in [0.25, 0.3) is 0 Å². The van der Waals surface area contributed by atoms with Crippen molar-refractivity contribution in [3.05, 3.63) is 23.9 Å². The third kappa shape index (κ3) is 3.46. The molecule has 0 bridgehead atoms. The minimum absolute atomic E-state index is 0.644. The summed E-state index contributed by atoms with van der Waals surface area (Å²) in [7, 11) is 1.61. The lowest BCUT2D eigenvalue weighted by atomic mass is 10.3. The first-order valence-electron chi connectivity index (χ1n) is 4.47. The summed E-state index contributed by atoms with van der Waals surface area (Å²) in [6.45, 7) is 3.23. The van der Waals surface area contributed by atoms with E-state index in [0.29, 0.717) is 19.0 Å². The van der Waals surface area contributed by atoms with E-state index < -0.39 is 0 Å². The summed E-state index contributed by atoms with van der Waals surface area (Å²) in [4.78, 5) is 4.26. The maximum atomic E-state index is 5.02. The Balaban J connectivity index is 2.44. The molecule has 0 aliphatic carbocycles. The summed E-state index contributed by atoms with van der Waals surface area (Å²) >= 11 is 0. The smallest absolute Gasteiger partial charge is 0.213 e. The van der Waals surface area contributed by atoms with Gasteiger partial charge in [0.15, 0.2) is 0 Å². The highest BCUT2D eigenvalue weighted by Gasteiger charge is 1.95. The Hall–Kier alpha value is -1.53. The van der Waals surface area contributed by atoms with Crippen molar-refractivity contribution in [3.8, 4) is 17.7 Å². The largest absolute Gasteiger partial charge is 0.481 e. The predicted molar refractivity (Wildman–Crippen MR) is 55.9 cm³/mol. The maximum Gasteiger partial charge on any atom is 0.213 e. The van der Waals surface area contributed by atoms with Crippen LogP contribution in [0, 0.1) is 11.8 Å². The Morgan fingerprint density at radius 1 is 1.50 bits per heavy atom. The number of nitrogens with one attached hydrogen (secondary N) is 1. The molecule has 1 rings (SSSR count). The number of pyridine rings is 1. The van der Waals surface area contributed by atoms with Crippen LogP contribution in [0.3, 0.4) is 0 Å². The minimum Gasteiger partial charge on any atom is -0.481 e. The topological polar surface area (TPSA) is 34.1 Å². The third-order valence-electron chi connectivity index (χ3n) is 1.69. The molecule has 0 radical (unpaired) electrons. The molecule has 0 aromatic carbocycles. The fourth-order valence-electron chi connectivity index (χ4n) is 1.01. The van der Waals surface area contributed by atoms with Crippen molar-refractivity contribution in [2.24, 2.45) is 0 Å². The molecule has 3 nitrogen and oxygen atoms in total. The monoisotopic (exact) mass is 190 g/mol. The molecule has 1 aromatic rings. The van der Waals surface area contributed by atoms with Gasteiger partial charge in [-0.2, -0.15) is 0 Å². The molecule has 0 unspecified atom stereocenters. The van der Waals surface area contributed by atoms with Gasteiger partial charge >= 0.3 is 0 Å². The lowest BCUT2D eigenvalue weighted by molar-refractivity contribution is 0.396. The molecule has 0 atom stereocenters. The first kappa shape index (κ1) is 10.6. The van der Waals surface area contributed by atoms with E-state index in [-0.39, 0.29) is 0 Å². The van der Waals surface area contributed by atoms with Crippen molar-refractivity contribution in [1.29, 1.82) is 0 Å². The van der Waals surface area contributed by atoms with Gasteiger partial charge in [-0.05, 0) is 13.0 Å². The molecule has 1 heterocycles. The van der Waals surface area contributed by atoms with Crippen molar-refractivity contribution in [2.75, 3.05) is 13.7 Å². The Bertz CT molecular complexity index is 339. The number of hydrogen-bond donors (Lipinski definition) is 1. The summed E-state index contributed by atoms with van der Waals surface area (Å²) in [6.07, 6.45) is 0. The molecule has 74 valence electrons. The second-order valence-electron chi connectivity index (χ2n) is 2.70. The summed E-state index contributed by atoms with van der Waals surface area (Å²) in [5.74, 6) is 6.39. The fraction of sp³-hybridized carbons (Fsp3) is 0.364. The van der Waals surface area contributed by atoms with Crippen molar-refractivity contribution in [3.63, 3.8) is 0 Å². The fourth-order valence-corrected chi connectivity index (χ4v) is 1.01. The van der Waals surface area contributed by atoms with E-state index in [9.17, 15) is 0 Å². The molecular weight excluding hydrogens is 176 g/mol. The lowest BCUT2D eigenvalue weighted by Crippen LogP contribution is -2.14. The molecule has 0 saturated heterocycles. The standard InChI is InChI=1S/C11H14N2O/c1-3-4-8-12-9-10-6-5-7-11(13-10)14-2/h5-7,12H,8-9H2,1-2H3. The van der Waals surface area contributed by atoms with Crippen molar-refractivity contribution in [1.82, 2.24) is 10.3 Å². The van der Waals surface area contributed by atoms with Crippen LogP contribution in [0.5, 0.6) is 5.88 Å². The SMILES string of the molecule is CC#CCNCc1cccc(OC)n1. The first-order valence-corrected chi connectivity index (χ1v) is 4.47. The molecule has 1 aromatic heterocycles. The van der Waals surface area contributed by atoms with Crippen LogP contribution in [-0.2, 0) is 6.54 Å². The molecule has 0 fully saturated rings. The van der Waals surface area contributed by atoms with E-state index in [2.05, 4.69) is 22.1 Å². The van der Waals surface area contributed by atoms with Crippen LogP contribution in [0.15, 0.2) is 18.2 Å². The van der Waals surface area contributed by atoms with E-state index in [1.807, 2.05) is 25.1 Å². The number of methoxy groups -OCH3 is 1. The molecule has 1 N–H and O–H groups in total. The average Bonchev–Trinajstić information content (AvgIpc) is 2.25. The number of rotatable bonds is 4. The van der Waals surface area contributed by atoms with Crippen LogP contribution < -0.4 is 10.1 Å². The van der Waals surface area contributed by atoms with Crippen LogP contribution in [0.25, 0.3) is 0 Å². The Morgan fingerprint density at radius 3 is 3.07 bits per heavy atom. The van der Waals surface area contributed by atoms with Crippen LogP contribution in [-0.4, -0.2) is 18.6 Å². The maximum absolute atomic E-state index is 5.02. The second kappa shape index (κ2) is 6.01. The van der Waals surface area contributed by atoms with Crippen molar-refractivity contribution >= 4 is 0 Å². The van der Waals surface area contributed by atoms with E-state index >= 15 is 0 Å². The summed E-state index contributed by atoms with van der Waals surface area (Å²) in [5.41, 5.74) is 0.960. The zero-order valence-electron chi connectivity index (χ0n) is 8.50. The molecule has 0 aliphatic heterocycles. The third-order valence-corrected chi connectivity index (χ3v) is 1.69. The number of aromatic nitrogens is 1. The van der Waals surface area contributed by atoms with Crippen LogP contribution >= 0.6 is 0 Å². The Kier molecular flexibility index (Phi) is 4.53. The summed E-state index contributed by atoms with van der Waals surface area (Å²) in [6, 6.07) is 5.71. The van der Waals surface area contributed by atoms with E-state index in [1.54, 1.807) is 7.11 Å². The van der Waals surface area contributed by atoms with E-state index in [0.717, 1.165) is 5.69 Å². The Morgan fingerprint density at radius 2 is 2.36 bits per heavy atom. The molecule has 0 spiro atoms. The second-order valence-corrected chi connectivity index (χ2v) is 2.70. The molecule has 0 saturated carbocycles. The zero-order valence-corrected chi connectivity index (χ0v) is 8.50. The molecule has 14 heavy (non-hydrogen) atoms. The van der Waals surface area contributed by atoms with Gasteiger partial charge in [0, 0.05) is 12.6 Å². The highest BCUT2D eigenvalue weighted by Crippen LogP contribution is 2.05. The van der Waals surface area contributed by atoms with Crippen molar-refractivity contribution < 1.29 is 4.74 Å². The summed E-state index contributed by atoms with van der Waals surface area (Å²) in [5, 5.41) is 3.16. The van der Waals surface area contributed by atoms with Gasteiger partial charge in [-0.3, -0.25) is 0 Å².